The number of benzene rings is 2. The topological polar surface area (TPSA) is 73.9 Å². The van der Waals surface area contributed by atoms with Gasteiger partial charge < -0.3 is 19.5 Å². The third-order valence-electron chi connectivity index (χ3n) is 2.84. The number of carbonyl (C=O) groups is 2. The van der Waals surface area contributed by atoms with Crippen molar-refractivity contribution in [3.63, 3.8) is 0 Å². The third kappa shape index (κ3) is 5.70. The molecular formula is C17H17NO5. The number of methoxy groups -OCH3 is 1. The van der Waals surface area contributed by atoms with Crippen LogP contribution in [0.1, 0.15) is 0 Å². The van der Waals surface area contributed by atoms with Gasteiger partial charge in [-0.2, -0.15) is 0 Å². The fourth-order valence-electron chi connectivity index (χ4n) is 1.72. The van der Waals surface area contributed by atoms with Crippen LogP contribution in [0, 0.1) is 0 Å². The van der Waals surface area contributed by atoms with Gasteiger partial charge in [0.1, 0.15) is 11.5 Å². The summed E-state index contributed by atoms with van der Waals surface area (Å²) in [5.41, 5.74) is 0.590. The highest BCUT2D eigenvalue weighted by Gasteiger charge is 2.09. The molecule has 0 aromatic heterocycles. The van der Waals surface area contributed by atoms with Gasteiger partial charge in [0.2, 0.25) is 0 Å². The fourth-order valence-corrected chi connectivity index (χ4v) is 1.72. The minimum atomic E-state index is -0.612. The first-order chi connectivity index (χ1) is 11.2. The Morgan fingerprint density at radius 3 is 2.26 bits per heavy atom. The van der Waals surface area contributed by atoms with E-state index in [9.17, 15) is 9.59 Å². The molecule has 0 bridgehead atoms. The molecule has 1 N–H and O–H groups in total. The summed E-state index contributed by atoms with van der Waals surface area (Å²) >= 11 is 0. The number of hydrogen-bond acceptors (Lipinski definition) is 5. The molecule has 0 saturated heterocycles. The predicted octanol–water partition coefficient (Wildman–Crippen LogP) is 2.26. The van der Waals surface area contributed by atoms with Gasteiger partial charge in [-0.1, -0.05) is 18.2 Å². The minimum absolute atomic E-state index is 0.250. The monoisotopic (exact) mass is 315 g/mol. The van der Waals surface area contributed by atoms with Gasteiger partial charge in [0.05, 0.1) is 7.11 Å². The molecule has 1 amide bonds. The van der Waals surface area contributed by atoms with E-state index >= 15 is 0 Å². The van der Waals surface area contributed by atoms with Crippen molar-refractivity contribution in [2.24, 2.45) is 0 Å². The van der Waals surface area contributed by atoms with E-state index < -0.39 is 11.9 Å². The lowest BCUT2D eigenvalue weighted by Gasteiger charge is -2.08. The summed E-state index contributed by atoms with van der Waals surface area (Å²) in [6, 6.07) is 15.7. The number of anilines is 1. The van der Waals surface area contributed by atoms with E-state index in [1.54, 1.807) is 55.6 Å². The summed E-state index contributed by atoms with van der Waals surface area (Å²) in [7, 11) is 1.56. The molecule has 6 nitrogen and oxygen atoms in total. The van der Waals surface area contributed by atoms with Gasteiger partial charge >= 0.3 is 5.97 Å². The Hall–Kier alpha value is -3.02. The quantitative estimate of drug-likeness (QED) is 0.793. The summed E-state index contributed by atoms with van der Waals surface area (Å²) in [5.74, 6) is 0.210. The van der Waals surface area contributed by atoms with Crippen LogP contribution in [0.5, 0.6) is 11.5 Å². The van der Waals surface area contributed by atoms with Crippen molar-refractivity contribution in [3.8, 4) is 11.5 Å². The number of rotatable bonds is 7. The Morgan fingerprint density at radius 1 is 0.913 bits per heavy atom. The summed E-state index contributed by atoms with van der Waals surface area (Å²) in [4.78, 5) is 23.2. The second-order valence-corrected chi connectivity index (χ2v) is 4.54. The smallest absolute Gasteiger partial charge is 0.344 e. The molecule has 2 rings (SSSR count). The summed E-state index contributed by atoms with van der Waals surface area (Å²) < 4.78 is 15.1. The molecule has 120 valence electrons. The van der Waals surface area contributed by atoms with E-state index in [4.69, 9.17) is 14.2 Å². The lowest BCUT2D eigenvalue weighted by Crippen LogP contribution is -2.23. The predicted molar refractivity (Wildman–Crippen MR) is 84.5 cm³/mol. The molecule has 0 aliphatic rings. The van der Waals surface area contributed by atoms with Gasteiger partial charge in [-0.3, -0.25) is 4.79 Å². The van der Waals surface area contributed by atoms with Crippen LogP contribution < -0.4 is 14.8 Å². The second-order valence-electron chi connectivity index (χ2n) is 4.54. The Balaban J connectivity index is 1.69. The molecule has 23 heavy (non-hydrogen) atoms. The average molecular weight is 315 g/mol. The maximum absolute atomic E-state index is 11.7. The van der Waals surface area contributed by atoms with Crippen LogP contribution in [0.4, 0.5) is 5.69 Å². The first kappa shape index (κ1) is 16.4. The Bertz CT molecular complexity index is 640. The van der Waals surface area contributed by atoms with Crippen molar-refractivity contribution in [2.75, 3.05) is 25.6 Å². The molecule has 2 aromatic carbocycles. The summed E-state index contributed by atoms with van der Waals surface area (Å²) in [5, 5.41) is 2.61. The minimum Gasteiger partial charge on any atom is -0.497 e. The summed E-state index contributed by atoms with van der Waals surface area (Å²) in [6.07, 6.45) is 0. The van der Waals surface area contributed by atoms with E-state index in [1.165, 1.54) is 0 Å². The van der Waals surface area contributed by atoms with Gasteiger partial charge in [0.15, 0.2) is 13.2 Å². The largest absolute Gasteiger partial charge is 0.497 e. The molecule has 0 atom stereocenters. The second kappa shape index (κ2) is 8.43. The molecule has 0 unspecified atom stereocenters. The van der Waals surface area contributed by atoms with Gasteiger partial charge in [-0.05, 0) is 36.4 Å². The van der Waals surface area contributed by atoms with Gasteiger partial charge in [-0.25, -0.2) is 4.79 Å². The van der Waals surface area contributed by atoms with Crippen LogP contribution in [0.3, 0.4) is 0 Å². The molecule has 0 saturated carbocycles. The Morgan fingerprint density at radius 2 is 1.61 bits per heavy atom. The highest BCUT2D eigenvalue weighted by Crippen LogP contribution is 2.14. The van der Waals surface area contributed by atoms with Crippen LogP contribution in [-0.4, -0.2) is 32.2 Å². The molecule has 0 heterocycles. The third-order valence-corrected chi connectivity index (χ3v) is 2.84. The molecule has 0 fully saturated rings. The maximum Gasteiger partial charge on any atom is 0.344 e. The van der Waals surface area contributed by atoms with E-state index in [2.05, 4.69) is 5.32 Å². The fraction of sp³-hybridized carbons (Fsp3) is 0.176. The molecular weight excluding hydrogens is 298 g/mol. The van der Waals surface area contributed by atoms with E-state index in [1.807, 2.05) is 6.07 Å². The van der Waals surface area contributed by atoms with Crippen molar-refractivity contribution >= 4 is 17.6 Å². The number of esters is 1. The average Bonchev–Trinajstić information content (AvgIpc) is 2.60. The molecule has 0 aliphatic carbocycles. The number of ether oxygens (including phenoxy) is 3. The highest BCUT2D eigenvalue weighted by atomic mass is 16.6. The SMILES string of the molecule is COc1ccc(NC(=O)COC(=O)COc2ccccc2)cc1. The number of hydrogen-bond donors (Lipinski definition) is 1. The summed E-state index contributed by atoms with van der Waals surface area (Å²) in [6.45, 7) is -0.622. The van der Waals surface area contributed by atoms with E-state index in [0.29, 0.717) is 17.2 Å². The van der Waals surface area contributed by atoms with Crippen molar-refractivity contribution in [1.82, 2.24) is 0 Å². The van der Waals surface area contributed by atoms with Crippen LogP contribution in [-0.2, 0) is 14.3 Å². The molecule has 0 aliphatic heterocycles. The number of nitrogens with one attached hydrogen (secondary N) is 1. The van der Waals surface area contributed by atoms with Gasteiger partial charge in [-0.15, -0.1) is 0 Å². The molecule has 6 heteroatoms. The normalized spacial score (nSPS) is 9.78. The zero-order valence-electron chi connectivity index (χ0n) is 12.7. The van der Waals surface area contributed by atoms with Crippen LogP contribution in [0.15, 0.2) is 54.6 Å². The van der Waals surface area contributed by atoms with Crippen molar-refractivity contribution < 1.29 is 23.8 Å². The lowest BCUT2D eigenvalue weighted by atomic mass is 10.3. The zero-order valence-corrected chi connectivity index (χ0v) is 12.7. The number of para-hydroxylation sites is 1. The van der Waals surface area contributed by atoms with Gasteiger partial charge in [0, 0.05) is 5.69 Å². The van der Waals surface area contributed by atoms with Crippen molar-refractivity contribution in [2.45, 2.75) is 0 Å². The van der Waals surface area contributed by atoms with Crippen molar-refractivity contribution in [1.29, 1.82) is 0 Å². The van der Waals surface area contributed by atoms with Crippen LogP contribution in [0.25, 0.3) is 0 Å². The molecule has 2 aromatic rings. The number of amides is 1. The first-order valence-electron chi connectivity index (χ1n) is 6.95. The van der Waals surface area contributed by atoms with Gasteiger partial charge in [0.25, 0.3) is 5.91 Å². The lowest BCUT2D eigenvalue weighted by molar-refractivity contribution is -0.149. The Labute approximate surface area is 134 Å². The number of carbonyl (C=O) groups excluding carboxylic acids is 2. The maximum atomic E-state index is 11.7. The van der Waals surface area contributed by atoms with E-state index in [0.717, 1.165) is 0 Å². The van der Waals surface area contributed by atoms with Crippen molar-refractivity contribution in [3.05, 3.63) is 54.6 Å². The molecule has 0 spiro atoms. The Kier molecular flexibility index (Phi) is 5.99. The first-order valence-corrected chi connectivity index (χ1v) is 6.95. The van der Waals surface area contributed by atoms with E-state index in [-0.39, 0.29) is 13.2 Å². The standard InChI is InChI=1S/C17H17NO5/c1-21-14-9-7-13(8-10-14)18-16(19)11-23-17(20)12-22-15-5-3-2-4-6-15/h2-10H,11-12H2,1H3,(H,18,19). The molecule has 0 radical (unpaired) electrons. The highest BCUT2D eigenvalue weighted by molar-refractivity contribution is 5.92. The van der Waals surface area contributed by atoms with Crippen LogP contribution in [0.2, 0.25) is 0 Å². The van der Waals surface area contributed by atoms with Crippen LogP contribution >= 0.6 is 0 Å². The zero-order chi connectivity index (χ0) is 16.5.